The molecule has 5 heteroatoms. The Morgan fingerprint density at radius 1 is 1.47 bits per heavy atom. The molecule has 2 atom stereocenters. The van der Waals surface area contributed by atoms with E-state index in [-0.39, 0.29) is 12.1 Å². The summed E-state index contributed by atoms with van der Waals surface area (Å²) in [4.78, 5) is 17.1. The number of pyridine rings is 1. The van der Waals surface area contributed by atoms with E-state index in [1.54, 1.807) is 26.4 Å². The van der Waals surface area contributed by atoms with Gasteiger partial charge in [-0.05, 0) is 31.5 Å². The number of amides is 2. The van der Waals surface area contributed by atoms with E-state index in [4.69, 9.17) is 0 Å². The molecule has 1 aromatic rings. The van der Waals surface area contributed by atoms with Crippen molar-refractivity contribution >= 4 is 6.03 Å². The molecule has 94 valence electrons. The van der Waals surface area contributed by atoms with Crippen LogP contribution in [0.5, 0.6) is 0 Å². The first kappa shape index (κ1) is 13.4. The lowest BCUT2D eigenvalue weighted by Crippen LogP contribution is -2.41. The standard InChI is InChI=1S/C12H19N3O2/c1-9(16)8-15(3)12(17)14-10(2)11-4-6-13-7-5-11/h4-7,9-10,16H,8H2,1-3H3,(H,14,17). The van der Waals surface area contributed by atoms with E-state index in [0.717, 1.165) is 5.56 Å². The van der Waals surface area contributed by atoms with E-state index >= 15 is 0 Å². The minimum Gasteiger partial charge on any atom is -0.392 e. The van der Waals surface area contributed by atoms with Crippen molar-refractivity contribution in [3.8, 4) is 0 Å². The van der Waals surface area contributed by atoms with Crippen molar-refractivity contribution < 1.29 is 9.90 Å². The summed E-state index contributed by atoms with van der Waals surface area (Å²) in [7, 11) is 1.65. The van der Waals surface area contributed by atoms with Crippen LogP contribution in [0.1, 0.15) is 25.5 Å². The maximum Gasteiger partial charge on any atom is 0.317 e. The van der Waals surface area contributed by atoms with Crippen molar-refractivity contribution in [1.82, 2.24) is 15.2 Å². The number of nitrogens with one attached hydrogen (secondary N) is 1. The van der Waals surface area contributed by atoms with E-state index in [1.165, 1.54) is 4.90 Å². The molecule has 0 aliphatic carbocycles. The number of aliphatic hydroxyl groups is 1. The van der Waals surface area contributed by atoms with Crippen molar-refractivity contribution in [1.29, 1.82) is 0 Å². The molecule has 2 amide bonds. The van der Waals surface area contributed by atoms with Gasteiger partial charge in [0.05, 0.1) is 12.1 Å². The predicted molar refractivity (Wildman–Crippen MR) is 65.5 cm³/mol. The van der Waals surface area contributed by atoms with Crippen LogP contribution < -0.4 is 5.32 Å². The van der Waals surface area contributed by atoms with Crippen molar-refractivity contribution in [2.75, 3.05) is 13.6 Å². The molecule has 2 N–H and O–H groups in total. The first-order valence-electron chi connectivity index (χ1n) is 5.60. The van der Waals surface area contributed by atoms with E-state index in [0.29, 0.717) is 6.54 Å². The third-order valence-corrected chi connectivity index (χ3v) is 2.43. The Morgan fingerprint density at radius 3 is 2.59 bits per heavy atom. The van der Waals surface area contributed by atoms with Gasteiger partial charge in [0, 0.05) is 26.0 Å². The summed E-state index contributed by atoms with van der Waals surface area (Å²) >= 11 is 0. The summed E-state index contributed by atoms with van der Waals surface area (Å²) in [5.74, 6) is 0. The molecule has 0 bridgehead atoms. The lowest BCUT2D eigenvalue weighted by atomic mass is 10.1. The fourth-order valence-electron chi connectivity index (χ4n) is 1.51. The Morgan fingerprint density at radius 2 is 2.06 bits per heavy atom. The van der Waals surface area contributed by atoms with Gasteiger partial charge in [0.15, 0.2) is 0 Å². The third-order valence-electron chi connectivity index (χ3n) is 2.43. The van der Waals surface area contributed by atoms with Crippen LogP contribution in [0.4, 0.5) is 4.79 Å². The highest BCUT2D eigenvalue weighted by Gasteiger charge is 2.14. The number of hydrogen-bond donors (Lipinski definition) is 2. The normalized spacial score (nSPS) is 13.9. The second-order valence-corrected chi connectivity index (χ2v) is 4.18. The van der Waals surface area contributed by atoms with Crippen LogP contribution >= 0.6 is 0 Å². The number of carbonyl (C=O) groups excluding carboxylic acids is 1. The molecular formula is C12H19N3O2. The summed E-state index contributed by atoms with van der Waals surface area (Å²) < 4.78 is 0. The van der Waals surface area contributed by atoms with E-state index in [9.17, 15) is 9.90 Å². The summed E-state index contributed by atoms with van der Waals surface area (Å²) in [5, 5.41) is 12.0. The van der Waals surface area contributed by atoms with E-state index < -0.39 is 6.10 Å². The smallest absolute Gasteiger partial charge is 0.317 e. The molecule has 1 heterocycles. The monoisotopic (exact) mass is 237 g/mol. The molecule has 0 spiro atoms. The second-order valence-electron chi connectivity index (χ2n) is 4.18. The lowest BCUT2D eigenvalue weighted by molar-refractivity contribution is 0.142. The maximum absolute atomic E-state index is 11.8. The van der Waals surface area contributed by atoms with Gasteiger partial charge in [0.2, 0.25) is 0 Å². The Bertz CT molecular complexity index is 354. The highest BCUT2D eigenvalue weighted by atomic mass is 16.3. The Balaban J connectivity index is 2.51. The first-order chi connectivity index (χ1) is 8.00. The van der Waals surface area contributed by atoms with Crippen LogP contribution in [0.15, 0.2) is 24.5 Å². The molecule has 0 saturated carbocycles. The topological polar surface area (TPSA) is 65.5 Å². The fourth-order valence-corrected chi connectivity index (χ4v) is 1.51. The van der Waals surface area contributed by atoms with Crippen LogP contribution in [0, 0.1) is 0 Å². The number of likely N-dealkylation sites (N-methyl/N-ethyl adjacent to an activating group) is 1. The summed E-state index contributed by atoms with van der Waals surface area (Å²) in [5.41, 5.74) is 0.999. The number of urea groups is 1. The van der Waals surface area contributed by atoms with Gasteiger partial charge in [-0.1, -0.05) is 0 Å². The molecule has 5 nitrogen and oxygen atoms in total. The Kier molecular flexibility index (Phi) is 4.90. The largest absolute Gasteiger partial charge is 0.392 e. The van der Waals surface area contributed by atoms with Crippen LogP contribution in [0.2, 0.25) is 0 Å². The van der Waals surface area contributed by atoms with Crippen molar-refractivity contribution in [2.45, 2.75) is 26.0 Å². The van der Waals surface area contributed by atoms with E-state index in [1.807, 2.05) is 19.1 Å². The van der Waals surface area contributed by atoms with Gasteiger partial charge in [-0.2, -0.15) is 0 Å². The van der Waals surface area contributed by atoms with Gasteiger partial charge < -0.3 is 15.3 Å². The number of rotatable bonds is 4. The number of nitrogens with zero attached hydrogens (tertiary/aromatic N) is 2. The minimum atomic E-state index is -0.526. The Labute approximate surface area is 101 Å². The van der Waals surface area contributed by atoms with Crippen molar-refractivity contribution in [3.63, 3.8) is 0 Å². The molecule has 1 aromatic heterocycles. The molecular weight excluding hydrogens is 218 g/mol. The number of aromatic nitrogens is 1. The number of carbonyl (C=O) groups is 1. The SMILES string of the molecule is CC(O)CN(C)C(=O)NC(C)c1ccncc1. The summed E-state index contributed by atoms with van der Waals surface area (Å²) in [6.45, 7) is 3.87. The lowest BCUT2D eigenvalue weighted by Gasteiger charge is -2.22. The van der Waals surface area contributed by atoms with Gasteiger partial charge in [-0.3, -0.25) is 4.98 Å². The third kappa shape index (κ3) is 4.40. The van der Waals surface area contributed by atoms with E-state index in [2.05, 4.69) is 10.3 Å². The van der Waals surface area contributed by atoms with Gasteiger partial charge in [0.1, 0.15) is 0 Å². The second kappa shape index (κ2) is 6.20. The molecule has 1 rings (SSSR count). The average molecular weight is 237 g/mol. The molecule has 0 aliphatic rings. The highest BCUT2D eigenvalue weighted by Crippen LogP contribution is 2.10. The van der Waals surface area contributed by atoms with Gasteiger partial charge in [-0.15, -0.1) is 0 Å². The molecule has 17 heavy (non-hydrogen) atoms. The quantitative estimate of drug-likeness (QED) is 0.826. The zero-order valence-corrected chi connectivity index (χ0v) is 10.4. The number of hydrogen-bond acceptors (Lipinski definition) is 3. The predicted octanol–water partition coefficient (Wildman–Crippen LogP) is 1.16. The fraction of sp³-hybridized carbons (Fsp3) is 0.500. The Hall–Kier alpha value is -1.62. The van der Waals surface area contributed by atoms with Gasteiger partial charge >= 0.3 is 6.03 Å². The molecule has 2 unspecified atom stereocenters. The molecule has 0 aliphatic heterocycles. The summed E-state index contributed by atoms with van der Waals surface area (Å²) in [6, 6.07) is 3.44. The van der Waals surface area contributed by atoms with Crippen LogP contribution in [0.3, 0.4) is 0 Å². The van der Waals surface area contributed by atoms with Crippen molar-refractivity contribution in [2.24, 2.45) is 0 Å². The summed E-state index contributed by atoms with van der Waals surface area (Å²) in [6.07, 6.45) is 2.86. The molecule has 0 saturated heterocycles. The average Bonchev–Trinajstić information content (AvgIpc) is 2.29. The first-order valence-corrected chi connectivity index (χ1v) is 5.60. The van der Waals surface area contributed by atoms with Gasteiger partial charge in [-0.25, -0.2) is 4.79 Å². The maximum atomic E-state index is 11.8. The van der Waals surface area contributed by atoms with Crippen LogP contribution in [-0.2, 0) is 0 Å². The van der Waals surface area contributed by atoms with Gasteiger partial charge in [0.25, 0.3) is 0 Å². The van der Waals surface area contributed by atoms with Crippen LogP contribution in [-0.4, -0.2) is 40.7 Å². The molecule has 0 fully saturated rings. The molecule has 0 radical (unpaired) electrons. The van der Waals surface area contributed by atoms with Crippen LogP contribution in [0.25, 0.3) is 0 Å². The zero-order valence-electron chi connectivity index (χ0n) is 10.4. The highest BCUT2D eigenvalue weighted by molar-refractivity contribution is 5.74. The zero-order chi connectivity index (χ0) is 12.8. The molecule has 0 aromatic carbocycles. The number of aliphatic hydroxyl groups excluding tert-OH is 1. The minimum absolute atomic E-state index is 0.0815. The van der Waals surface area contributed by atoms with Crippen molar-refractivity contribution in [3.05, 3.63) is 30.1 Å².